The summed E-state index contributed by atoms with van der Waals surface area (Å²) < 4.78 is 0. The molecule has 0 saturated heterocycles. The molecule has 0 unspecified atom stereocenters. The molecule has 0 rings (SSSR count). The molecule has 0 aromatic carbocycles. The molecule has 0 atom stereocenters. The Morgan fingerprint density at radius 1 is 0.258 bits per heavy atom. The van der Waals surface area contributed by atoms with E-state index in [4.69, 9.17) is 10.2 Å². The molecule has 0 amide bonds. The van der Waals surface area contributed by atoms with Gasteiger partial charge in [-0.25, -0.2) is 0 Å². The van der Waals surface area contributed by atoms with E-state index in [9.17, 15) is 0 Å². The van der Waals surface area contributed by atoms with Crippen LogP contribution >= 0.6 is 0 Å². The Balaban J connectivity index is 0. The van der Waals surface area contributed by atoms with Crippen molar-refractivity contribution >= 4 is 0 Å². The van der Waals surface area contributed by atoms with Gasteiger partial charge in [-0.1, -0.05) is 162 Å². The largest absolute Gasteiger partial charge is 0.396 e. The quantitative estimate of drug-likeness (QED) is 0.138. The Morgan fingerprint density at radius 3 is 0.581 bits per heavy atom. The third-order valence-electron chi connectivity index (χ3n) is 6.27. The average Bonchev–Trinajstić information content (AvgIpc) is 2.79. The normalized spacial score (nSPS) is 10.8. The monoisotopic (exact) mass is 442 g/mol. The lowest BCUT2D eigenvalue weighted by molar-refractivity contribution is 0.282. The number of aliphatic hydroxyl groups excluding tert-OH is 2. The van der Waals surface area contributed by atoms with Gasteiger partial charge in [0.05, 0.1) is 0 Å². The van der Waals surface area contributed by atoms with Crippen molar-refractivity contribution in [2.24, 2.45) is 0 Å². The highest BCUT2D eigenvalue weighted by Gasteiger charge is 1.94. The van der Waals surface area contributed by atoms with Crippen LogP contribution in [0.4, 0.5) is 0 Å². The molecule has 31 heavy (non-hydrogen) atoms. The summed E-state index contributed by atoms with van der Waals surface area (Å²) in [5, 5.41) is 17.2. The minimum atomic E-state index is 0.372. The zero-order valence-electron chi connectivity index (χ0n) is 22.0. The highest BCUT2D eigenvalue weighted by molar-refractivity contribution is 4.49. The molecule has 0 saturated carbocycles. The molecule has 0 bridgehead atoms. The Morgan fingerprint density at radius 2 is 0.419 bits per heavy atom. The zero-order chi connectivity index (χ0) is 23.1. The van der Waals surface area contributed by atoms with Gasteiger partial charge in [0.1, 0.15) is 0 Å². The molecule has 0 fully saturated rings. The molecular formula is C29H62O2. The second kappa shape index (κ2) is 34.5. The summed E-state index contributed by atoms with van der Waals surface area (Å²) in [5.74, 6) is 0. The van der Waals surface area contributed by atoms with Crippen LogP contribution in [0.5, 0.6) is 0 Å². The maximum absolute atomic E-state index is 8.63. The van der Waals surface area contributed by atoms with Crippen LogP contribution in [0.25, 0.3) is 0 Å². The van der Waals surface area contributed by atoms with Crippen molar-refractivity contribution in [2.45, 2.75) is 174 Å². The third-order valence-corrected chi connectivity index (χ3v) is 6.27. The maximum Gasteiger partial charge on any atom is 0.0431 e. The van der Waals surface area contributed by atoms with E-state index >= 15 is 0 Å². The van der Waals surface area contributed by atoms with Gasteiger partial charge < -0.3 is 10.2 Å². The van der Waals surface area contributed by atoms with Gasteiger partial charge in [-0.3, -0.25) is 0 Å². The fraction of sp³-hybridized carbons (Fsp3) is 1.00. The number of unbranched alkanes of at least 4 members (excludes halogenated alkanes) is 23. The van der Waals surface area contributed by atoms with Gasteiger partial charge in [-0.2, -0.15) is 0 Å². The van der Waals surface area contributed by atoms with Gasteiger partial charge in [0.15, 0.2) is 0 Å². The van der Waals surface area contributed by atoms with E-state index in [-0.39, 0.29) is 0 Å². The van der Waals surface area contributed by atoms with Crippen LogP contribution in [0, 0.1) is 0 Å². The first-order chi connectivity index (χ1) is 15.3. The molecule has 0 aromatic heterocycles. The topological polar surface area (TPSA) is 40.5 Å². The molecule has 0 aliphatic rings. The average molecular weight is 443 g/mol. The van der Waals surface area contributed by atoms with Crippen LogP contribution in [0.3, 0.4) is 0 Å². The predicted octanol–water partition coefficient (Wildman–Crippen LogP) is 9.75. The molecule has 190 valence electrons. The summed E-state index contributed by atoms with van der Waals surface area (Å²) in [5.41, 5.74) is 0. The zero-order valence-corrected chi connectivity index (χ0v) is 22.0. The predicted molar refractivity (Wildman–Crippen MR) is 141 cm³/mol. The first-order valence-corrected chi connectivity index (χ1v) is 14.5. The molecule has 0 heterocycles. The molecule has 2 N–H and O–H groups in total. The summed E-state index contributed by atoms with van der Waals surface area (Å²) >= 11 is 0. The first kappa shape index (κ1) is 33.1. The van der Waals surface area contributed by atoms with Crippen molar-refractivity contribution in [1.29, 1.82) is 0 Å². The number of hydrogen-bond acceptors (Lipinski definition) is 2. The number of rotatable bonds is 25. The summed E-state index contributed by atoms with van der Waals surface area (Å²) in [4.78, 5) is 0. The van der Waals surface area contributed by atoms with Crippen LogP contribution in [0.2, 0.25) is 0 Å². The van der Waals surface area contributed by atoms with Gasteiger partial charge >= 0.3 is 0 Å². The van der Waals surface area contributed by atoms with Gasteiger partial charge in [0.2, 0.25) is 0 Å². The fourth-order valence-corrected chi connectivity index (χ4v) is 4.08. The summed E-state index contributed by atoms with van der Waals surface area (Å²) in [6.45, 7) is 5.29. The van der Waals surface area contributed by atoms with Crippen molar-refractivity contribution in [3.63, 3.8) is 0 Å². The van der Waals surface area contributed by atoms with Gasteiger partial charge in [0.25, 0.3) is 0 Å². The molecule has 0 aliphatic heterocycles. The van der Waals surface area contributed by atoms with E-state index in [1.54, 1.807) is 0 Å². The van der Waals surface area contributed by atoms with E-state index in [1.807, 2.05) is 0 Å². The van der Waals surface area contributed by atoms with Crippen molar-refractivity contribution < 1.29 is 10.2 Å². The van der Waals surface area contributed by atoms with Crippen LogP contribution in [0.1, 0.15) is 174 Å². The van der Waals surface area contributed by atoms with E-state index in [0.717, 1.165) is 12.8 Å². The highest BCUT2D eigenvalue weighted by atomic mass is 16.3. The maximum atomic E-state index is 8.63. The van der Waals surface area contributed by atoms with Crippen LogP contribution in [0.15, 0.2) is 0 Å². The molecule has 0 aliphatic carbocycles. The molecule has 2 heteroatoms. The fourth-order valence-electron chi connectivity index (χ4n) is 4.08. The van der Waals surface area contributed by atoms with Gasteiger partial charge in [-0.05, 0) is 12.8 Å². The standard InChI is InChI=1S/C15H32O.C14H30O/c1-2-3-4-5-6-7-8-9-10-11-12-13-14-15-16;1-2-3-4-5-6-7-8-9-10-11-12-13-14-15/h16H,2-15H2,1H3;15H,2-14H2,1H3. The van der Waals surface area contributed by atoms with Crippen LogP contribution < -0.4 is 0 Å². The van der Waals surface area contributed by atoms with Crippen LogP contribution in [-0.2, 0) is 0 Å². The Labute approximate surface area is 198 Å². The first-order valence-electron chi connectivity index (χ1n) is 14.5. The van der Waals surface area contributed by atoms with E-state index < -0.39 is 0 Å². The molecule has 0 aromatic rings. The number of hydrogen-bond donors (Lipinski definition) is 2. The molecule has 0 spiro atoms. The van der Waals surface area contributed by atoms with Crippen molar-refractivity contribution in [1.82, 2.24) is 0 Å². The SMILES string of the molecule is CCCCCCCCCCCCCCCO.CCCCCCCCCCCCCCO. The highest BCUT2D eigenvalue weighted by Crippen LogP contribution is 2.13. The lowest BCUT2D eigenvalue weighted by Crippen LogP contribution is -1.84. The summed E-state index contributed by atoms with van der Waals surface area (Å²) in [7, 11) is 0. The Bertz CT molecular complexity index is 241. The van der Waals surface area contributed by atoms with Crippen molar-refractivity contribution in [3.8, 4) is 0 Å². The Kier molecular flexibility index (Phi) is 36.9. The lowest BCUT2D eigenvalue weighted by Gasteiger charge is -2.02. The molecule has 0 radical (unpaired) electrons. The summed E-state index contributed by atoms with van der Waals surface area (Å²) in [6, 6.07) is 0. The minimum Gasteiger partial charge on any atom is -0.396 e. The third kappa shape index (κ3) is 37.6. The van der Waals surface area contributed by atoms with E-state index in [1.165, 1.54) is 148 Å². The smallest absolute Gasteiger partial charge is 0.0431 e. The minimum absolute atomic E-state index is 0.372. The second-order valence-corrected chi connectivity index (χ2v) is 9.58. The van der Waals surface area contributed by atoms with Gasteiger partial charge in [0, 0.05) is 13.2 Å². The van der Waals surface area contributed by atoms with Gasteiger partial charge in [-0.15, -0.1) is 0 Å². The Hall–Kier alpha value is -0.0800. The second-order valence-electron chi connectivity index (χ2n) is 9.58. The van der Waals surface area contributed by atoms with Crippen molar-refractivity contribution in [3.05, 3.63) is 0 Å². The van der Waals surface area contributed by atoms with E-state index in [2.05, 4.69) is 13.8 Å². The summed E-state index contributed by atoms with van der Waals surface area (Å²) in [6.07, 6.45) is 34.0. The molecule has 2 nitrogen and oxygen atoms in total. The van der Waals surface area contributed by atoms with Crippen LogP contribution in [-0.4, -0.2) is 23.4 Å². The van der Waals surface area contributed by atoms with Crippen molar-refractivity contribution in [2.75, 3.05) is 13.2 Å². The lowest BCUT2D eigenvalue weighted by atomic mass is 10.0. The van der Waals surface area contributed by atoms with E-state index in [0.29, 0.717) is 13.2 Å². The number of aliphatic hydroxyl groups is 2. The molecular weight excluding hydrogens is 380 g/mol.